The number of para-hydroxylation sites is 1. The molecule has 1 aromatic heterocycles. The summed E-state index contributed by atoms with van der Waals surface area (Å²) in [5.41, 5.74) is 1.32. The molecular weight excluding hydrogens is 457 g/mol. The van der Waals surface area contributed by atoms with Gasteiger partial charge in [0, 0.05) is 22.1 Å². The fraction of sp³-hybridized carbons (Fsp3) is 0. The Balaban J connectivity index is 1.76. The third-order valence-corrected chi connectivity index (χ3v) is 5.19. The molecule has 1 aliphatic heterocycles. The molecule has 1 aliphatic rings. The molecule has 0 unspecified atom stereocenters. The van der Waals surface area contributed by atoms with Crippen LogP contribution in [0.2, 0.25) is 0 Å². The number of hydrogen-bond donors (Lipinski definition) is 1. The van der Waals surface area contributed by atoms with Gasteiger partial charge in [0.15, 0.2) is 5.11 Å². The maximum atomic E-state index is 14.2. The lowest BCUT2D eigenvalue weighted by Crippen LogP contribution is -2.54. The van der Waals surface area contributed by atoms with Crippen molar-refractivity contribution >= 4 is 56.8 Å². The Labute approximate surface area is 179 Å². The Kier molecular flexibility index (Phi) is 5.12. The second kappa shape index (κ2) is 7.73. The first kappa shape index (κ1) is 19.2. The van der Waals surface area contributed by atoms with E-state index in [1.165, 1.54) is 24.3 Å². The maximum Gasteiger partial charge on any atom is 0.270 e. The van der Waals surface area contributed by atoms with Crippen LogP contribution in [0, 0.1) is 5.82 Å². The highest BCUT2D eigenvalue weighted by Crippen LogP contribution is 2.25. The summed E-state index contributed by atoms with van der Waals surface area (Å²) in [6, 6.07) is 16.9. The third kappa shape index (κ3) is 3.64. The van der Waals surface area contributed by atoms with Crippen molar-refractivity contribution in [3.05, 3.63) is 88.4 Å². The van der Waals surface area contributed by atoms with Crippen molar-refractivity contribution in [1.82, 2.24) is 9.88 Å². The molecule has 1 N–H and O–H groups in total. The predicted octanol–water partition coefficient (Wildman–Crippen LogP) is 4.21. The van der Waals surface area contributed by atoms with Gasteiger partial charge in [0.1, 0.15) is 11.4 Å². The van der Waals surface area contributed by atoms with Crippen molar-refractivity contribution in [3.8, 4) is 5.69 Å². The molecule has 2 aromatic carbocycles. The number of amides is 2. The minimum Gasteiger partial charge on any atom is -0.317 e. The number of carbonyl (C=O) groups is 2. The third-order valence-electron chi connectivity index (χ3n) is 4.37. The largest absolute Gasteiger partial charge is 0.317 e. The summed E-state index contributed by atoms with van der Waals surface area (Å²) in [7, 11) is 0. The van der Waals surface area contributed by atoms with E-state index in [1.807, 2.05) is 35.0 Å². The van der Waals surface area contributed by atoms with Crippen molar-refractivity contribution in [2.45, 2.75) is 0 Å². The van der Waals surface area contributed by atoms with Gasteiger partial charge in [0.25, 0.3) is 11.8 Å². The topological polar surface area (TPSA) is 54.3 Å². The number of anilines is 1. The van der Waals surface area contributed by atoms with Crippen LogP contribution in [-0.4, -0.2) is 21.5 Å². The quantitative estimate of drug-likeness (QED) is 0.355. The average molecular weight is 470 g/mol. The molecule has 0 spiro atoms. The van der Waals surface area contributed by atoms with Gasteiger partial charge in [-0.15, -0.1) is 0 Å². The van der Waals surface area contributed by atoms with Crippen LogP contribution in [-0.2, 0) is 9.59 Å². The zero-order chi connectivity index (χ0) is 20.5. The number of hydrogen-bond acceptors (Lipinski definition) is 3. The molecule has 0 radical (unpaired) electrons. The Morgan fingerprint density at radius 2 is 1.72 bits per heavy atom. The Morgan fingerprint density at radius 3 is 2.45 bits per heavy atom. The molecular formula is C21H13BrFN3O2S. The zero-order valence-electron chi connectivity index (χ0n) is 14.8. The highest BCUT2D eigenvalue weighted by Gasteiger charge is 2.35. The second-order valence-corrected chi connectivity index (χ2v) is 7.49. The van der Waals surface area contributed by atoms with Crippen LogP contribution in [0.4, 0.5) is 10.1 Å². The first-order valence-corrected chi connectivity index (χ1v) is 9.75. The number of aromatic nitrogens is 1. The normalized spacial score (nSPS) is 15.7. The first-order chi connectivity index (χ1) is 14.0. The van der Waals surface area contributed by atoms with Crippen LogP contribution in [0.5, 0.6) is 0 Å². The van der Waals surface area contributed by atoms with E-state index in [2.05, 4.69) is 21.2 Å². The van der Waals surface area contributed by atoms with Crippen LogP contribution in [0.15, 0.2) is 76.9 Å². The lowest BCUT2D eigenvalue weighted by molar-refractivity contribution is -0.122. The molecule has 144 valence electrons. The van der Waals surface area contributed by atoms with Gasteiger partial charge in [-0.25, -0.2) is 9.29 Å². The van der Waals surface area contributed by atoms with Crippen LogP contribution in [0.1, 0.15) is 5.69 Å². The molecule has 4 rings (SSSR count). The van der Waals surface area contributed by atoms with Gasteiger partial charge in [-0.1, -0.05) is 28.1 Å². The van der Waals surface area contributed by atoms with Crippen molar-refractivity contribution in [3.63, 3.8) is 0 Å². The molecule has 3 aromatic rings. The lowest BCUT2D eigenvalue weighted by atomic mass is 10.1. The van der Waals surface area contributed by atoms with Gasteiger partial charge in [-0.05, 0) is 66.8 Å². The average Bonchev–Trinajstić information content (AvgIpc) is 3.15. The van der Waals surface area contributed by atoms with Crippen LogP contribution < -0.4 is 10.2 Å². The summed E-state index contributed by atoms with van der Waals surface area (Å²) >= 11 is 8.50. The fourth-order valence-corrected chi connectivity index (χ4v) is 3.54. The molecule has 2 heterocycles. The van der Waals surface area contributed by atoms with Gasteiger partial charge >= 0.3 is 0 Å². The summed E-state index contributed by atoms with van der Waals surface area (Å²) in [4.78, 5) is 26.5. The highest BCUT2D eigenvalue weighted by molar-refractivity contribution is 9.10. The Bertz CT molecular complexity index is 1170. The van der Waals surface area contributed by atoms with Gasteiger partial charge in [-0.3, -0.25) is 14.9 Å². The summed E-state index contributed by atoms with van der Waals surface area (Å²) in [6.45, 7) is 0. The predicted molar refractivity (Wildman–Crippen MR) is 116 cm³/mol. The van der Waals surface area contributed by atoms with E-state index in [0.29, 0.717) is 5.69 Å². The minimum atomic E-state index is -0.688. The van der Waals surface area contributed by atoms with E-state index >= 15 is 0 Å². The van der Waals surface area contributed by atoms with E-state index in [0.717, 1.165) is 15.1 Å². The second-order valence-electron chi connectivity index (χ2n) is 6.19. The molecule has 2 amide bonds. The number of rotatable bonds is 3. The van der Waals surface area contributed by atoms with Crippen LogP contribution in [0.3, 0.4) is 0 Å². The van der Waals surface area contributed by atoms with Gasteiger partial charge in [0.05, 0.1) is 5.69 Å². The van der Waals surface area contributed by atoms with Gasteiger partial charge in [-0.2, -0.15) is 0 Å². The Morgan fingerprint density at radius 1 is 1.00 bits per heavy atom. The molecule has 0 saturated carbocycles. The van der Waals surface area contributed by atoms with E-state index in [1.54, 1.807) is 18.2 Å². The maximum absolute atomic E-state index is 14.2. The number of nitrogens with zero attached hydrogens (tertiary/aromatic N) is 2. The monoisotopic (exact) mass is 469 g/mol. The van der Waals surface area contributed by atoms with Crippen LogP contribution in [0.25, 0.3) is 11.8 Å². The molecule has 1 saturated heterocycles. The lowest BCUT2D eigenvalue weighted by Gasteiger charge is -2.29. The van der Waals surface area contributed by atoms with Crippen molar-refractivity contribution < 1.29 is 14.0 Å². The van der Waals surface area contributed by atoms with E-state index < -0.39 is 17.6 Å². The number of nitrogens with one attached hydrogen (secondary N) is 1. The van der Waals surface area contributed by atoms with Gasteiger partial charge in [0.2, 0.25) is 0 Å². The van der Waals surface area contributed by atoms with Crippen LogP contribution >= 0.6 is 28.1 Å². The standard InChI is InChI=1S/C21H13BrFN3O2S/c22-13-7-9-14(10-8-13)25-11-3-4-15(25)12-16-19(27)24-21(29)26(20(16)28)18-6-2-1-5-17(18)23/h1-12H,(H,24,27,29)/b16-12-. The van der Waals surface area contributed by atoms with E-state index in [-0.39, 0.29) is 16.4 Å². The SMILES string of the molecule is O=C1NC(=S)N(c2ccccc2F)C(=O)/C1=C\c1cccn1-c1ccc(Br)cc1. The summed E-state index contributed by atoms with van der Waals surface area (Å²) < 4.78 is 17.0. The molecule has 29 heavy (non-hydrogen) atoms. The number of halogens is 2. The number of thiocarbonyl (C=S) groups is 1. The molecule has 8 heteroatoms. The first-order valence-electron chi connectivity index (χ1n) is 8.55. The number of carbonyl (C=O) groups excluding carboxylic acids is 2. The molecule has 5 nitrogen and oxygen atoms in total. The van der Waals surface area contributed by atoms with Crippen molar-refractivity contribution in [2.24, 2.45) is 0 Å². The van der Waals surface area contributed by atoms with E-state index in [9.17, 15) is 14.0 Å². The van der Waals surface area contributed by atoms with Gasteiger partial charge < -0.3 is 4.57 Å². The number of benzene rings is 2. The smallest absolute Gasteiger partial charge is 0.270 e. The highest BCUT2D eigenvalue weighted by atomic mass is 79.9. The Hall–Kier alpha value is -3.10. The molecule has 0 aliphatic carbocycles. The van der Waals surface area contributed by atoms with E-state index in [4.69, 9.17) is 12.2 Å². The minimum absolute atomic E-state index is 0.0170. The fourth-order valence-electron chi connectivity index (χ4n) is 3.01. The molecule has 0 atom stereocenters. The zero-order valence-corrected chi connectivity index (χ0v) is 17.2. The summed E-state index contributed by atoms with van der Waals surface area (Å²) in [5.74, 6) is -1.93. The summed E-state index contributed by atoms with van der Waals surface area (Å²) in [5, 5.41) is 2.30. The molecule has 1 fully saturated rings. The molecule has 0 bridgehead atoms. The van der Waals surface area contributed by atoms with Crippen molar-refractivity contribution in [2.75, 3.05) is 4.90 Å². The summed E-state index contributed by atoms with van der Waals surface area (Å²) in [6.07, 6.45) is 3.29. The van der Waals surface area contributed by atoms with Crippen molar-refractivity contribution in [1.29, 1.82) is 0 Å².